The van der Waals surface area contributed by atoms with Gasteiger partial charge in [-0.2, -0.15) is 0 Å². The summed E-state index contributed by atoms with van der Waals surface area (Å²) in [5.41, 5.74) is 1.64. The monoisotopic (exact) mass is 421 g/mol. The molecule has 7 heteroatoms. The van der Waals surface area contributed by atoms with Crippen molar-refractivity contribution in [1.29, 1.82) is 0 Å². The second kappa shape index (κ2) is 8.30. The SMILES string of the molecule is CCCCc1c(S(N)(=O)=O)c(Oc2ccc(-n3ccnc3)cc2)cc2ccccc12. The Morgan fingerprint density at radius 1 is 1.10 bits per heavy atom. The van der Waals surface area contributed by atoms with E-state index in [0.29, 0.717) is 17.7 Å². The number of hydrogen-bond donors (Lipinski definition) is 1. The minimum atomic E-state index is -3.99. The highest BCUT2D eigenvalue weighted by Gasteiger charge is 2.23. The van der Waals surface area contributed by atoms with Crippen molar-refractivity contribution in [2.24, 2.45) is 5.14 Å². The quantitative estimate of drug-likeness (QED) is 0.464. The second-order valence-electron chi connectivity index (χ2n) is 7.12. The minimum absolute atomic E-state index is 0.0633. The van der Waals surface area contributed by atoms with Crippen molar-refractivity contribution in [3.63, 3.8) is 0 Å². The molecule has 0 saturated heterocycles. The Kier molecular flexibility index (Phi) is 5.57. The van der Waals surface area contributed by atoms with Gasteiger partial charge in [0.15, 0.2) is 0 Å². The molecule has 0 fully saturated rings. The van der Waals surface area contributed by atoms with Crippen molar-refractivity contribution in [1.82, 2.24) is 9.55 Å². The molecule has 0 aliphatic heterocycles. The van der Waals surface area contributed by atoms with Crippen LogP contribution in [0.15, 0.2) is 78.2 Å². The average molecular weight is 422 g/mol. The summed E-state index contributed by atoms with van der Waals surface area (Å²) in [5, 5.41) is 7.45. The van der Waals surface area contributed by atoms with Crippen molar-refractivity contribution in [3.8, 4) is 17.2 Å². The van der Waals surface area contributed by atoms with E-state index in [1.165, 1.54) is 0 Å². The van der Waals surface area contributed by atoms with Gasteiger partial charge in [0.2, 0.25) is 10.0 Å². The Labute approximate surface area is 176 Å². The third kappa shape index (κ3) is 4.08. The highest BCUT2D eigenvalue weighted by atomic mass is 32.2. The standard InChI is InChI=1S/C23H23N3O3S/c1-2-3-7-21-20-8-5-4-6-17(20)15-22(23(21)30(24,27)28)29-19-11-9-18(10-12-19)26-14-13-25-16-26/h4-6,8-16H,2-3,7H2,1H3,(H2,24,27,28). The third-order valence-corrected chi connectivity index (χ3v) is 6.02. The maximum atomic E-state index is 12.6. The molecule has 0 atom stereocenters. The Balaban J connectivity index is 1.81. The van der Waals surface area contributed by atoms with Crippen molar-refractivity contribution >= 4 is 20.8 Å². The van der Waals surface area contributed by atoms with E-state index in [9.17, 15) is 8.42 Å². The van der Waals surface area contributed by atoms with Gasteiger partial charge in [-0.25, -0.2) is 18.5 Å². The molecule has 1 heterocycles. The molecular formula is C23H23N3O3S. The van der Waals surface area contributed by atoms with Gasteiger partial charge in [-0.1, -0.05) is 37.6 Å². The lowest BCUT2D eigenvalue weighted by Gasteiger charge is -2.17. The number of nitrogens with two attached hydrogens (primary N) is 1. The van der Waals surface area contributed by atoms with Crippen LogP contribution < -0.4 is 9.88 Å². The van der Waals surface area contributed by atoms with E-state index in [2.05, 4.69) is 11.9 Å². The van der Waals surface area contributed by atoms with Crippen LogP contribution >= 0.6 is 0 Å². The zero-order valence-electron chi connectivity index (χ0n) is 16.7. The summed E-state index contributed by atoms with van der Waals surface area (Å²) in [6.07, 6.45) is 7.67. The first-order valence-corrected chi connectivity index (χ1v) is 11.4. The number of primary sulfonamides is 1. The van der Waals surface area contributed by atoms with Gasteiger partial charge in [0.1, 0.15) is 16.4 Å². The Morgan fingerprint density at radius 3 is 2.53 bits per heavy atom. The number of sulfonamides is 1. The normalized spacial score (nSPS) is 11.7. The molecule has 154 valence electrons. The van der Waals surface area contributed by atoms with Crippen LogP contribution in [0.4, 0.5) is 0 Å². The topological polar surface area (TPSA) is 87.2 Å². The minimum Gasteiger partial charge on any atom is -0.456 e. The number of unbranched alkanes of at least 4 members (excludes halogenated alkanes) is 1. The Morgan fingerprint density at radius 2 is 1.87 bits per heavy atom. The number of nitrogens with zero attached hydrogens (tertiary/aromatic N) is 2. The van der Waals surface area contributed by atoms with Gasteiger partial charge >= 0.3 is 0 Å². The van der Waals surface area contributed by atoms with Gasteiger partial charge in [0.25, 0.3) is 0 Å². The van der Waals surface area contributed by atoms with Crippen molar-refractivity contribution in [2.45, 2.75) is 31.1 Å². The molecule has 0 spiro atoms. The number of fused-ring (bicyclic) bond motifs is 1. The van der Waals surface area contributed by atoms with Crippen molar-refractivity contribution in [2.75, 3.05) is 0 Å². The third-order valence-electron chi connectivity index (χ3n) is 5.00. The summed E-state index contributed by atoms with van der Waals surface area (Å²) in [6.45, 7) is 2.07. The Bertz CT molecular complexity index is 1270. The molecule has 0 aliphatic rings. The first-order valence-electron chi connectivity index (χ1n) is 9.81. The number of aryl methyl sites for hydroxylation is 1. The van der Waals surface area contributed by atoms with Gasteiger partial charge in [-0.3, -0.25) is 0 Å². The van der Waals surface area contributed by atoms with Crippen molar-refractivity contribution < 1.29 is 13.2 Å². The van der Waals surface area contributed by atoms with Crippen LogP contribution in [0, 0.1) is 0 Å². The molecule has 30 heavy (non-hydrogen) atoms. The molecule has 2 N–H and O–H groups in total. The van der Waals surface area contributed by atoms with Crippen LogP contribution in [0.5, 0.6) is 11.5 Å². The van der Waals surface area contributed by atoms with Gasteiger partial charge in [-0.05, 0) is 59.5 Å². The van der Waals surface area contributed by atoms with E-state index in [-0.39, 0.29) is 10.6 Å². The van der Waals surface area contributed by atoms with Crippen LogP contribution in [0.3, 0.4) is 0 Å². The van der Waals surface area contributed by atoms with Crippen LogP contribution in [0.1, 0.15) is 25.3 Å². The van der Waals surface area contributed by atoms with Gasteiger partial charge in [-0.15, -0.1) is 0 Å². The fraction of sp³-hybridized carbons (Fsp3) is 0.174. The molecule has 1 aromatic heterocycles. The number of ether oxygens (including phenoxy) is 1. The molecule has 6 nitrogen and oxygen atoms in total. The first-order chi connectivity index (χ1) is 14.5. The van der Waals surface area contributed by atoms with E-state index in [1.807, 2.05) is 47.2 Å². The largest absolute Gasteiger partial charge is 0.456 e. The zero-order chi connectivity index (χ0) is 21.1. The summed E-state index contributed by atoms with van der Waals surface area (Å²) in [5.74, 6) is 0.776. The highest BCUT2D eigenvalue weighted by Crippen LogP contribution is 2.37. The van der Waals surface area contributed by atoms with E-state index >= 15 is 0 Å². The maximum absolute atomic E-state index is 12.6. The van der Waals surface area contributed by atoms with Crippen LogP contribution in [0.25, 0.3) is 16.5 Å². The predicted octanol–water partition coefficient (Wildman–Crippen LogP) is 4.81. The fourth-order valence-electron chi connectivity index (χ4n) is 3.59. The van der Waals surface area contributed by atoms with Crippen LogP contribution in [-0.4, -0.2) is 18.0 Å². The van der Waals surface area contributed by atoms with E-state index in [1.54, 1.807) is 30.7 Å². The summed E-state index contributed by atoms with van der Waals surface area (Å²) in [6, 6.07) is 16.8. The summed E-state index contributed by atoms with van der Waals surface area (Å²) >= 11 is 0. The zero-order valence-corrected chi connectivity index (χ0v) is 17.5. The first kappa shape index (κ1) is 20.1. The molecule has 0 saturated carbocycles. The van der Waals surface area contributed by atoms with E-state index < -0.39 is 10.0 Å². The lowest BCUT2D eigenvalue weighted by Crippen LogP contribution is -2.16. The molecule has 4 rings (SSSR count). The number of benzene rings is 3. The van der Waals surface area contributed by atoms with Crippen LogP contribution in [0.2, 0.25) is 0 Å². The maximum Gasteiger partial charge on any atom is 0.242 e. The van der Waals surface area contributed by atoms with Gasteiger partial charge < -0.3 is 9.30 Å². The smallest absolute Gasteiger partial charge is 0.242 e. The summed E-state index contributed by atoms with van der Waals surface area (Å²) in [4.78, 5) is 4.10. The van der Waals surface area contributed by atoms with Crippen LogP contribution in [-0.2, 0) is 16.4 Å². The predicted molar refractivity (Wildman–Crippen MR) is 118 cm³/mol. The highest BCUT2D eigenvalue weighted by molar-refractivity contribution is 7.89. The molecule has 0 bridgehead atoms. The molecule has 0 amide bonds. The molecule has 0 aliphatic carbocycles. The van der Waals surface area contributed by atoms with Gasteiger partial charge in [0.05, 0.1) is 6.33 Å². The van der Waals surface area contributed by atoms with Crippen molar-refractivity contribution in [3.05, 3.63) is 78.9 Å². The lowest BCUT2D eigenvalue weighted by atomic mass is 9.99. The molecule has 0 unspecified atom stereocenters. The average Bonchev–Trinajstić information content (AvgIpc) is 3.26. The number of imidazole rings is 1. The molecule has 3 aromatic carbocycles. The Hall–Kier alpha value is -3.16. The van der Waals surface area contributed by atoms with Gasteiger partial charge in [0, 0.05) is 18.1 Å². The number of aromatic nitrogens is 2. The molecular weight excluding hydrogens is 398 g/mol. The summed E-state index contributed by atoms with van der Waals surface area (Å²) in [7, 11) is -3.99. The van der Waals surface area contributed by atoms with E-state index in [4.69, 9.17) is 9.88 Å². The summed E-state index contributed by atoms with van der Waals surface area (Å²) < 4.78 is 33.1. The molecule has 0 radical (unpaired) electrons. The lowest BCUT2D eigenvalue weighted by molar-refractivity contribution is 0.466. The van der Waals surface area contributed by atoms with E-state index in [0.717, 1.165) is 29.3 Å². The number of hydrogen-bond acceptors (Lipinski definition) is 4. The second-order valence-corrected chi connectivity index (χ2v) is 8.62. The fourth-order valence-corrected chi connectivity index (χ4v) is 4.53. The molecule has 4 aromatic rings. The number of rotatable bonds is 7.